The van der Waals surface area contributed by atoms with Crippen LogP contribution in [0.5, 0.6) is 0 Å². The predicted octanol–water partition coefficient (Wildman–Crippen LogP) is 1.46. The van der Waals surface area contributed by atoms with Crippen molar-refractivity contribution in [1.82, 2.24) is 10.3 Å². The molecular formula is C21H26N4O5S. The third-order valence-corrected chi connectivity index (χ3v) is 7.74. The van der Waals surface area contributed by atoms with Crippen molar-refractivity contribution in [2.24, 2.45) is 5.10 Å². The SMILES string of the molecule is O=C(Nc1ccccc1C(=O)NC1CCCC1)C1=NN([C@H]2CCS(=O)(=O)C2)C(=O)CC1. The molecule has 2 aliphatic heterocycles. The molecule has 166 valence electrons. The zero-order chi connectivity index (χ0) is 22.0. The third-order valence-electron chi connectivity index (χ3n) is 5.99. The quantitative estimate of drug-likeness (QED) is 0.708. The molecule has 2 N–H and O–H groups in total. The number of sulfone groups is 1. The zero-order valence-electron chi connectivity index (χ0n) is 17.2. The largest absolute Gasteiger partial charge is 0.349 e. The molecule has 1 aromatic carbocycles. The van der Waals surface area contributed by atoms with Crippen molar-refractivity contribution in [3.8, 4) is 0 Å². The first-order chi connectivity index (χ1) is 14.8. The summed E-state index contributed by atoms with van der Waals surface area (Å²) < 4.78 is 23.5. The first kappa shape index (κ1) is 21.5. The first-order valence-electron chi connectivity index (χ1n) is 10.6. The molecule has 1 aromatic rings. The fourth-order valence-electron chi connectivity index (χ4n) is 4.31. The van der Waals surface area contributed by atoms with E-state index in [-0.39, 0.29) is 47.9 Å². The molecule has 0 aromatic heterocycles. The maximum Gasteiger partial charge on any atom is 0.271 e. The molecule has 2 heterocycles. The molecule has 1 saturated carbocycles. The smallest absolute Gasteiger partial charge is 0.271 e. The van der Waals surface area contributed by atoms with Crippen molar-refractivity contribution in [2.75, 3.05) is 16.8 Å². The second-order valence-corrected chi connectivity index (χ2v) is 10.5. The number of para-hydroxylation sites is 1. The van der Waals surface area contributed by atoms with Crippen LogP contribution in [-0.2, 0) is 19.4 Å². The second-order valence-electron chi connectivity index (χ2n) is 8.30. The third kappa shape index (κ3) is 4.95. The van der Waals surface area contributed by atoms with Crippen molar-refractivity contribution < 1.29 is 22.8 Å². The maximum atomic E-state index is 12.9. The van der Waals surface area contributed by atoms with E-state index in [0.29, 0.717) is 17.7 Å². The van der Waals surface area contributed by atoms with Crippen LogP contribution in [0.4, 0.5) is 5.69 Å². The number of anilines is 1. The molecule has 1 saturated heterocycles. The number of carbonyl (C=O) groups is 3. The van der Waals surface area contributed by atoms with Gasteiger partial charge in [-0.15, -0.1) is 0 Å². The molecule has 0 spiro atoms. The predicted molar refractivity (Wildman–Crippen MR) is 115 cm³/mol. The van der Waals surface area contributed by atoms with E-state index in [0.717, 1.165) is 30.7 Å². The van der Waals surface area contributed by atoms with Gasteiger partial charge in [0.05, 0.1) is 28.8 Å². The summed E-state index contributed by atoms with van der Waals surface area (Å²) >= 11 is 0. The number of nitrogens with zero attached hydrogens (tertiary/aromatic N) is 2. The first-order valence-corrected chi connectivity index (χ1v) is 12.5. The summed E-state index contributed by atoms with van der Waals surface area (Å²) in [6, 6.07) is 6.38. The number of hydrogen-bond donors (Lipinski definition) is 2. The van der Waals surface area contributed by atoms with Crippen molar-refractivity contribution >= 4 is 39.0 Å². The molecule has 1 atom stereocenters. The molecule has 2 fully saturated rings. The lowest BCUT2D eigenvalue weighted by Crippen LogP contribution is -2.42. The molecule has 3 amide bonds. The van der Waals surface area contributed by atoms with E-state index in [4.69, 9.17) is 0 Å². The minimum Gasteiger partial charge on any atom is -0.349 e. The van der Waals surface area contributed by atoms with Gasteiger partial charge in [0.25, 0.3) is 11.8 Å². The summed E-state index contributed by atoms with van der Waals surface area (Å²) in [5.41, 5.74) is 0.890. The monoisotopic (exact) mass is 446 g/mol. The van der Waals surface area contributed by atoms with Crippen LogP contribution >= 0.6 is 0 Å². The Bertz CT molecular complexity index is 1030. The number of benzene rings is 1. The van der Waals surface area contributed by atoms with Crippen molar-refractivity contribution in [3.63, 3.8) is 0 Å². The fourth-order valence-corrected chi connectivity index (χ4v) is 6.00. The molecule has 1 aliphatic carbocycles. The molecular weight excluding hydrogens is 420 g/mol. The van der Waals surface area contributed by atoms with Crippen LogP contribution in [0.3, 0.4) is 0 Å². The molecule has 31 heavy (non-hydrogen) atoms. The Morgan fingerprint density at radius 2 is 1.77 bits per heavy atom. The summed E-state index contributed by atoms with van der Waals surface area (Å²) in [5.74, 6) is -1.14. The standard InChI is InChI=1S/C21H26N4O5S/c26-19-10-9-18(24-25(19)15-11-12-31(29,30)13-15)21(28)23-17-8-4-3-7-16(17)20(27)22-14-5-1-2-6-14/h3-4,7-8,14-15H,1-2,5-6,9-13H2,(H,22,27)(H,23,28)/t15-/m0/s1. The number of nitrogens with one attached hydrogen (secondary N) is 2. The topological polar surface area (TPSA) is 125 Å². The highest BCUT2D eigenvalue weighted by Gasteiger charge is 2.37. The van der Waals surface area contributed by atoms with Gasteiger partial charge in [0.2, 0.25) is 5.91 Å². The number of carbonyl (C=O) groups excluding carboxylic acids is 3. The molecule has 0 unspecified atom stereocenters. The molecule has 4 rings (SSSR count). The Hall–Kier alpha value is -2.75. The molecule has 0 radical (unpaired) electrons. The van der Waals surface area contributed by atoms with Gasteiger partial charge in [-0.3, -0.25) is 14.4 Å². The van der Waals surface area contributed by atoms with E-state index in [9.17, 15) is 22.8 Å². The highest BCUT2D eigenvalue weighted by atomic mass is 32.2. The Kier molecular flexibility index (Phi) is 6.08. The Balaban J connectivity index is 1.48. The van der Waals surface area contributed by atoms with Crippen LogP contribution in [0.1, 0.15) is 55.3 Å². The van der Waals surface area contributed by atoms with E-state index in [1.807, 2.05) is 0 Å². The van der Waals surface area contributed by atoms with Gasteiger partial charge in [0.15, 0.2) is 9.84 Å². The lowest BCUT2D eigenvalue weighted by atomic mass is 10.1. The van der Waals surface area contributed by atoms with Gasteiger partial charge in [0, 0.05) is 18.9 Å². The average Bonchev–Trinajstić information content (AvgIpc) is 3.37. The van der Waals surface area contributed by atoms with Gasteiger partial charge in [-0.1, -0.05) is 25.0 Å². The summed E-state index contributed by atoms with van der Waals surface area (Å²) in [4.78, 5) is 37.8. The maximum absolute atomic E-state index is 12.9. The van der Waals surface area contributed by atoms with Gasteiger partial charge in [-0.2, -0.15) is 5.10 Å². The van der Waals surface area contributed by atoms with Crippen LogP contribution in [-0.4, -0.2) is 60.4 Å². The van der Waals surface area contributed by atoms with Gasteiger partial charge in [0.1, 0.15) is 5.71 Å². The molecule has 3 aliphatic rings. The lowest BCUT2D eigenvalue weighted by molar-refractivity contribution is -0.133. The van der Waals surface area contributed by atoms with E-state index in [1.165, 1.54) is 0 Å². The minimum absolute atomic E-state index is 0.0159. The minimum atomic E-state index is -3.19. The van der Waals surface area contributed by atoms with E-state index in [2.05, 4.69) is 15.7 Å². The van der Waals surface area contributed by atoms with Gasteiger partial charge < -0.3 is 10.6 Å². The number of rotatable bonds is 5. The average molecular weight is 447 g/mol. The van der Waals surface area contributed by atoms with Crippen LogP contribution in [0.2, 0.25) is 0 Å². The highest BCUT2D eigenvalue weighted by molar-refractivity contribution is 7.91. The van der Waals surface area contributed by atoms with Crippen molar-refractivity contribution in [2.45, 2.75) is 57.0 Å². The van der Waals surface area contributed by atoms with E-state index >= 15 is 0 Å². The molecule has 0 bridgehead atoms. The van der Waals surface area contributed by atoms with Crippen LogP contribution < -0.4 is 10.6 Å². The van der Waals surface area contributed by atoms with Gasteiger partial charge in [-0.25, -0.2) is 13.4 Å². The Morgan fingerprint density at radius 1 is 1.03 bits per heavy atom. The highest BCUT2D eigenvalue weighted by Crippen LogP contribution is 2.24. The number of amides is 3. The van der Waals surface area contributed by atoms with Crippen molar-refractivity contribution in [1.29, 1.82) is 0 Å². The second kappa shape index (κ2) is 8.78. The fraction of sp³-hybridized carbons (Fsp3) is 0.524. The van der Waals surface area contributed by atoms with E-state index in [1.54, 1.807) is 24.3 Å². The van der Waals surface area contributed by atoms with Gasteiger partial charge in [-0.05, 0) is 31.4 Å². The van der Waals surface area contributed by atoms with Crippen LogP contribution in [0, 0.1) is 0 Å². The summed E-state index contributed by atoms with van der Waals surface area (Å²) in [5, 5.41) is 11.1. The number of hydrazone groups is 1. The van der Waals surface area contributed by atoms with Gasteiger partial charge >= 0.3 is 0 Å². The lowest BCUT2D eigenvalue weighted by Gasteiger charge is -2.27. The Morgan fingerprint density at radius 3 is 2.48 bits per heavy atom. The Labute approximate surface area is 181 Å². The summed E-state index contributed by atoms with van der Waals surface area (Å²) in [6.07, 6.45) is 4.68. The van der Waals surface area contributed by atoms with Crippen LogP contribution in [0.15, 0.2) is 29.4 Å². The normalized spacial score (nSPS) is 23.5. The molecule has 10 heteroatoms. The molecule has 9 nitrogen and oxygen atoms in total. The number of hydrogen-bond acceptors (Lipinski definition) is 6. The van der Waals surface area contributed by atoms with Crippen molar-refractivity contribution in [3.05, 3.63) is 29.8 Å². The van der Waals surface area contributed by atoms with E-state index < -0.39 is 21.8 Å². The van der Waals surface area contributed by atoms with Crippen LogP contribution in [0.25, 0.3) is 0 Å². The summed E-state index contributed by atoms with van der Waals surface area (Å²) in [7, 11) is -3.19. The zero-order valence-corrected chi connectivity index (χ0v) is 18.0. The summed E-state index contributed by atoms with van der Waals surface area (Å²) in [6.45, 7) is 0.